The molecule has 12 heavy (non-hydrogen) atoms. The number of aliphatic hydroxyl groups is 1. The van der Waals surface area contributed by atoms with E-state index in [-0.39, 0.29) is 0 Å². The third-order valence-electron chi connectivity index (χ3n) is 2.36. The van der Waals surface area contributed by atoms with Crippen molar-refractivity contribution in [2.75, 3.05) is 0 Å². The summed E-state index contributed by atoms with van der Waals surface area (Å²) in [6.45, 7) is 3.62. The van der Waals surface area contributed by atoms with Crippen LogP contribution in [-0.4, -0.2) is 15.1 Å². The van der Waals surface area contributed by atoms with Crippen LogP contribution >= 0.6 is 0 Å². The fourth-order valence-electron chi connectivity index (χ4n) is 1.43. The van der Waals surface area contributed by atoms with Gasteiger partial charge in [0.25, 0.3) is 0 Å². The number of aromatic nitrogens is 2. The summed E-state index contributed by atoms with van der Waals surface area (Å²) >= 11 is 0. The van der Waals surface area contributed by atoms with E-state index in [4.69, 9.17) is 0 Å². The molecule has 0 amide bonds. The Morgan fingerprint density at radius 3 is 2.75 bits per heavy atom. The summed E-state index contributed by atoms with van der Waals surface area (Å²) in [5.41, 5.74) is 0.0313. The third kappa shape index (κ3) is 1.10. The Balaban J connectivity index is 2.33. The molecule has 1 aliphatic carbocycles. The van der Waals surface area contributed by atoms with Crippen LogP contribution in [0.4, 0.5) is 0 Å². The quantitative estimate of drug-likeness (QED) is 0.672. The second-order valence-corrected chi connectivity index (χ2v) is 3.24. The van der Waals surface area contributed by atoms with Crippen molar-refractivity contribution in [3.05, 3.63) is 30.7 Å². The molecule has 3 nitrogen and oxygen atoms in total. The Kier molecular flexibility index (Phi) is 1.61. The normalized spacial score (nSPS) is 20.2. The van der Waals surface area contributed by atoms with Gasteiger partial charge in [0.1, 0.15) is 11.4 Å². The Bertz CT molecular complexity index is 294. The van der Waals surface area contributed by atoms with Gasteiger partial charge >= 0.3 is 0 Å². The van der Waals surface area contributed by atoms with Crippen molar-refractivity contribution in [2.45, 2.75) is 24.9 Å². The lowest BCUT2D eigenvalue weighted by Crippen LogP contribution is -2.34. The summed E-state index contributed by atoms with van der Waals surface area (Å²) < 4.78 is 0. The van der Waals surface area contributed by atoms with Crippen molar-refractivity contribution in [2.24, 2.45) is 0 Å². The fraction of sp³-hybridized carbons (Fsp3) is 0.444. The molecule has 1 heterocycles. The molecule has 1 N–H and O–H groups in total. The predicted molar refractivity (Wildman–Crippen MR) is 44.2 cm³/mol. The number of hydrogen-bond acceptors (Lipinski definition) is 3. The molecular weight excluding hydrogens is 152 g/mol. The predicted octanol–water partition coefficient (Wildman–Crippen LogP) is 1.03. The maximum absolute atomic E-state index is 9.89. The largest absolute Gasteiger partial charge is 0.384 e. The molecule has 2 rings (SSSR count). The van der Waals surface area contributed by atoms with E-state index in [0.717, 1.165) is 19.3 Å². The van der Waals surface area contributed by atoms with Crippen molar-refractivity contribution in [1.29, 1.82) is 0 Å². The zero-order chi connectivity index (χ0) is 8.60. The molecule has 1 aromatic heterocycles. The van der Waals surface area contributed by atoms with E-state index in [2.05, 4.69) is 16.9 Å². The van der Waals surface area contributed by atoms with Crippen LogP contribution in [-0.2, 0) is 5.60 Å². The van der Waals surface area contributed by atoms with Crippen molar-refractivity contribution in [3.63, 3.8) is 0 Å². The van der Waals surface area contributed by atoms with E-state index in [1.165, 1.54) is 0 Å². The van der Waals surface area contributed by atoms with Gasteiger partial charge in [0.2, 0.25) is 0 Å². The molecule has 1 aromatic rings. The summed E-state index contributed by atoms with van der Waals surface area (Å²) in [6.07, 6.45) is 4.33. The van der Waals surface area contributed by atoms with Crippen LogP contribution in [0.1, 0.15) is 30.8 Å². The molecule has 1 aliphatic rings. The zero-order valence-corrected chi connectivity index (χ0v) is 6.82. The van der Waals surface area contributed by atoms with E-state index in [1.807, 2.05) is 0 Å². The van der Waals surface area contributed by atoms with Crippen LogP contribution in [0.25, 0.3) is 0 Å². The first-order chi connectivity index (χ1) is 5.71. The van der Waals surface area contributed by atoms with Gasteiger partial charge in [0.15, 0.2) is 0 Å². The lowest BCUT2D eigenvalue weighted by atomic mass is 9.78. The lowest BCUT2D eigenvalue weighted by molar-refractivity contribution is -0.0428. The highest BCUT2D eigenvalue weighted by atomic mass is 16.3. The number of rotatable bonds is 1. The van der Waals surface area contributed by atoms with Crippen LogP contribution in [0.2, 0.25) is 0 Å². The third-order valence-corrected chi connectivity index (χ3v) is 2.36. The molecule has 1 radical (unpaired) electrons. The number of hydrogen-bond donors (Lipinski definition) is 1. The van der Waals surface area contributed by atoms with Crippen molar-refractivity contribution in [3.8, 4) is 0 Å². The molecule has 1 saturated carbocycles. The van der Waals surface area contributed by atoms with E-state index >= 15 is 0 Å². The molecular formula is C9H11N2O. The van der Waals surface area contributed by atoms with E-state index < -0.39 is 5.60 Å². The Labute approximate surface area is 71.5 Å². The molecule has 3 heteroatoms. The highest BCUT2D eigenvalue weighted by Crippen LogP contribution is 2.39. The van der Waals surface area contributed by atoms with Crippen LogP contribution in [0.15, 0.2) is 12.3 Å². The second kappa shape index (κ2) is 2.52. The standard InChI is InChI=1S/C9H11N2O/c1-7-10-6-3-8(11-7)9(12)4-2-5-9/h3,6,12H,1-2,4-5H2. The maximum Gasteiger partial charge on any atom is 0.129 e. The Hall–Kier alpha value is -0.960. The minimum absolute atomic E-state index is 0.479. The van der Waals surface area contributed by atoms with Gasteiger partial charge in [0.05, 0.1) is 5.69 Å². The highest BCUT2D eigenvalue weighted by Gasteiger charge is 2.37. The highest BCUT2D eigenvalue weighted by molar-refractivity contribution is 5.15. The van der Waals surface area contributed by atoms with Crippen LogP contribution in [0, 0.1) is 6.92 Å². The van der Waals surface area contributed by atoms with E-state index in [0.29, 0.717) is 11.5 Å². The van der Waals surface area contributed by atoms with Crippen molar-refractivity contribution in [1.82, 2.24) is 9.97 Å². The molecule has 0 spiro atoms. The van der Waals surface area contributed by atoms with Crippen molar-refractivity contribution < 1.29 is 5.11 Å². The molecule has 0 unspecified atom stereocenters. The van der Waals surface area contributed by atoms with Crippen LogP contribution in [0.3, 0.4) is 0 Å². The molecule has 0 aliphatic heterocycles. The smallest absolute Gasteiger partial charge is 0.129 e. The fourth-order valence-corrected chi connectivity index (χ4v) is 1.43. The Morgan fingerprint density at radius 2 is 2.25 bits per heavy atom. The monoisotopic (exact) mass is 163 g/mol. The van der Waals surface area contributed by atoms with E-state index in [1.54, 1.807) is 12.3 Å². The first-order valence-corrected chi connectivity index (χ1v) is 4.09. The lowest BCUT2D eigenvalue weighted by Gasteiger charge is -2.35. The van der Waals surface area contributed by atoms with Gasteiger partial charge in [-0.05, 0) is 25.3 Å². The maximum atomic E-state index is 9.89. The minimum Gasteiger partial charge on any atom is -0.384 e. The van der Waals surface area contributed by atoms with Crippen LogP contribution in [0.5, 0.6) is 0 Å². The van der Waals surface area contributed by atoms with Crippen LogP contribution < -0.4 is 0 Å². The number of nitrogens with zero attached hydrogens (tertiary/aromatic N) is 2. The SMILES string of the molecule is [CH2]c1nccc(C2(O)CCC2)n1. The first-order valence-electron chi connectivity index (χ1n) is 4.09. The Morgan fingerprint density at radius 1 is 1.50 bits per heavy atom. The molecule has 0 aromatic carbocycles. The molecule has 0 atom stereocenters. The first kappa shape index (κ1) is 7.68. The molecule has 0 bridgehead atoms. The summed E-state index contributed by atoms with van der Waals surface area (Å²) in [6, 6.07) is 1.76. The average molecular weight is 163 g/mol. The topological polar surface area (TPSA) is 46.0 Å². The summed E-state index contributed by atoms with van der Waals surface area (Å²) in [5, 5.41) is 9.89. The average Bonchev–Trinajstić information content (AvgIpc) is 2.00. The van der Waals surface area contributed by atoms with Gasteiger partial charge in [-0.1, -0.05) is 0 Å². The van der Waals surface area contributed by atoms with Gasteiger partial charge in [-0.2, -0.15) is 0 Å². The molecule has 0 saturated heterocycles. The summed E-state index contributed by atoms with van der Waals surface area (Å²) in [7, 11) is 0. The zero-order valence-electron chi connectivity index (χ0n) is 6.82. The van der Waals surface area contributed by atoms with Gasteiger partial charge < -0.3 is 5.11 Å². The summed E-state index contributed by atoms with van der Waals surface area (Å²) in [4.78, 5) is 7.97. The van der Waals surface area contributed by atoms with Gasteiger partial charge in [-0.15, -0.1) is 0 Å². The van der Waals surface area contributed by atoms with Gasteiger partial charge in [-0.25, -0.2) is 9.97 Å². The van der Waals surface area contributed by atoms with Gasteiger partial charge in [-0.3, -0.25) is 0 Å². The van der Waals surface area contributed by atoms with E-state index in [9.17, 15) is 5.11 Å². The second-order valence-electron chi connectivity index (χ2n) is 3.24. The summed E-state index contributed by atoms with van der Waals surface area (Å²) in [5.74, 6) is 0.479. The van der Waals surface area contributed by atoms with Gasteiger partial charge in [0, 0.05) is 13.1 Å². The molecule has 63 valence electrons. The minimum atomic E-state index is -0.685. The molecule has 1 fully saturated rings. The van der Waals surface area contributed by atoms with Crippen molar-refractivity contribution >= 4 is 0 Å².